The first-order valence-corrected chi connectivity index (χ1v) is 28.9. The molecule has 0 unspecified atom stereocenters. The topological polar surface area (TPSA) is 32.8 Å². The monoisotopic (exact) mass is 1050 g/mol. The van der Waals surface area contributed by atoms with E-state index in [1.54, 1.807) is 0 Å². The van der Waals surface area contributed by atoms with Gasteiger partial charge in [-0.3, -0.25) is 0 Å². The summed E-state index contributed by atoms with van der Waals surface area (Å²) in [7, 11) is 0. The van der Waals surface area contributed by atoms with Gasteiger partial charge >= 0.3 is 0 Å². The summed E-state index contributed by atoms with van der Waals surface area (Å²) in [6, 6.07) is 75.9. The second-order valence-electron chi connectivity index (χ2n) is 27.0. The van der Waals surface area contributed by atoms with E-state index < -0.39 is 5.41 Å². The first-order valence-electron chi connectivity index (χ1n) is 28.9. The van der Waals surface area contributed by atoms with Crippen molar-refractivity contribution in [2.45, 2.75) is 110 Å². The van der Waals surface area contributed by atoms with Gasteiger partial charge in [-0.05, 0) is 173 Å². The molecule has 10 aromatic carbocycles. The van der Waals surface area contributed by atoms with Crippen molar-refractivity contribution in [3.8, 4) is 22.3 Å². The summed E-state index contributed by atoms with van der Waals surface area (Å²) >= 11 is 0. The van der Waals surface area contributed by atoms with Gasteiger partial charge in [-0.25, -0.2) is 0 Å². The van der Waals surface area contributed by atoms with E-state index in [9.17, 15) is 0 Å². The van der Waals surface area contributed by atoms with Crippen LogP contribution < -0.4 is 9.80 Å². The molecule has 0 aliphatic heterocycles. The lowest BCUT2D eigenvalue weighted by Gasteiger charge is -2.34. The fourth-order valence-electron chi connectivity index (χ4n) is 13.5. The maximum Gasteiger partial charge on any atom is 0.145 e. The number of para-hydroxylation sites is 1. The van der Waals surface area contributed by atoms with Crippen molar-refractivity contribution in [2.75, 3.05) is 9.80 Å². The van der Waals surface area contributed by atoms with Gasteiger partial charge in [-0.1, -0.05) is 198 Å². The maximum atomic E-state index is 7.58. The number of furan rings is 2. The Balaban J connectivity index is 1.16. The number of benzene rings is 10. The predicted molar refractivity (Wildman–Crippen MR) is 341 cm³/mol. The zero-order valence-corrected chi connectivity index (χ0v) is 48.8. The molecule has 2 heterocycles. The molecule has 0 atom stereocenters. The average molecular weight is 1060 g/mol. The molecule has 12 aromatic rings. The van der Waals surface area contributed by atoms with E-state index in [2.05, 4.69) is 293 Å². The second-order valence-corrected chi connectivity index (χ2v) is 27.0. The van der Waals surface area contributed by atoms with E-state index in [0.717, 1.165) is 83.4 Å². The van der Waals surface area contributed by atoms with Crippen LogP contribution in [0.25, 0.3) is 65.9 Å². The smallest absolute Gasteiger partial charge is 0.145 e. The summed E-state index contributed by atoms with van der Waals surface area (Å²) < 4.78 is 14.0. The van der Waals surface area contributed by atoms with Gasteiger partial charge < -0.3 is 18.6 Å². The Labute approximate surface area is 477 Å². The van der Waals surface area contributed by atoms with Gasteiger partial charge in [-0.2, -0.15) is 0 Å². The van der Waals surface area contributed by atoms with E-state index in [0.29, 0.717) is 0 Å². The summed E-state index contributed by atoms with van der Waals surface area (Å²) in [4.78, 5) is 4.99. The molecule has 400 valence electrons. The molecule has 0 N–H and O–H groups in total. The Morgan fingerprint density at radius 3 is 1.25 bits per heavy atom. The number of rotatable bonds is 6. The van der Waals surface area contributed by atoms with Crippen LogP contribution in [0.2, 0.25) is 0 Å². The van der Waals surface area contributed by atoms with Crippen LogP contribution in [0.1, 0.15) is 128 Å². The molecule has 2 aromatic heterocycles. The second kappa shape index (κ2) is 17.7. The molecule has 4 nitrogen and oxygen atoms in total. The van der Waals surface area contributed by atoms with Gasteiger partial charge in [-0.15, -0.1) is 0 Å². The lowest BCUT2D eigenvalue weighted by atomic mass is 9.70. The van der Waals surface area contributed by atoms with Crippen molar-refractivity contribution in [3.05, 3.63) is 251 Å². The first-order chi connectivity index (χ1) is 38.7. The third-order valence-corrected chi connectivity index (χ3v) is 17.8. The van der Waals surface area contributed by atoms with E-state index in [1.807, 2.05) is 6.26 Å². The molecule has 81 heavy (non-hydrogen) atoms. The van der Waals surface area contributed by atoms with Gasteiger partial charge in [0.05, 0.1) is 28.4 Å². The Bertz CT molecular complexity index is 4290. The van der Waals surface area contributed by atoms with Crippen molar-refractivity contribution in [1.29, 1.82) is 0 Å². The molecule has 0 fully saturated rings. The Hall–Kier alpha value is -8.60. The van der Waals surface area contributed by atoms with E-state index in [-0.39, 0.29) is 21.7 Å². The number of fused-ring (bicyclic) bond motifs is 17. The van der Waals surface area contributed by atoms with Crippen LogP contribution in [-0.2, 0) is 27.1 Å². The van der Waals surface area contributed by atoms with E-state index in [1.165, 1.54) is 61.2 Å². The van der Waals surface area contributed by atoms with Crippen molar-refractivity contribution in [1.82, 2.24) is 0 Å². The summed E-state index contributed by atoms with van der Waals surface area (Å²) in [5.74, 6) is 0. The Morgan fingerprint density at radius 1 is 0.346 bits per heavy atom. The molecular weight excluding hydrogens is 985 g/mol. The van der Waals surface area contributed by atoms with Gasteiger partial charge in [0.25, 0.3) is 0 Å². The third-order valence-electron chi connectivity index (χ3n) is 17.8. The van der Waals surface area contributed by atoms with Crippen molar-refractivity contribution < 1.29 is 8.83 Å². The number of hydrogen-bond donors (Lipinski definition) is 0. The van der Waals surface area contributed by atoms with Gasteiger partial charge in [0.15, 0.2) is 0 Å². The summed E-state index contributed by atoms with van der Waals surface area (Å²) in [5, 5.41) is 5.43. The van der Waals surface area contributed by atoms with Crippen molar-refractivity contribution >= 4 is 77.8 Å². The van der Waals surface area contributed by atoms with Crippen LogP contribution in [0.4, 0.5) is 34.1 Å². The van der Waals surface area contributed by atoms with Gasteiger partial charge in [0.1, 0.15) is 16.7 Å². The van der Waals surface area contributed by atoms with Crippen LogP contribution in [0.15, 0.2) is 215 Å². The van der Waals surface area contributed by atoms with E-state index in [4.69, 9.17) is 8.83 Å². The molecular formula is C77H70N2O2. The minimum atomic E-state index is -0.788. The highest BCUT2D eigenvalue weighted by Crippen LogP contribution is 2.67. The molecule has 0 radical (unpaired) electrons. The first kappa shape index (κ1) is 50.6. The standard InChI is InChI=1S/C77H70N2O2/c1-73(2,3)48-25-33-52(34-26-48)78(53-35-27-49(28-36-53)74(4,5)6)65-45-63-69(60-43-47-41-42-80-68(47)44-59(60)65)71-64(77(63)61-22-16-13-19-56(61)57-20-14-17-23-62(57)77)46-66(70-58-21-15-18-24-67(58)81-72(70)71)79(54-37-29-50(30-38-54)75(7,8)9)55-39-31-51(32-40-55)76(10,11)12/h13-46H,1-12H3. The molecule has 0 bridgehead atoms. The minimum absolute atomic E-state index is 0.0214. The van der Waals surface area contributed by atoms with Crippen LogP contribution in [0, 0.1) is 0 Å². The molecule has 2 aliphatic carbocycles. The highest BCUT2D eigenvalue weighted by Gasteiger charge is 2.54. The lowest BCUT2D eigenvalue weighted by Crippen LogP contribution is -2.26. The quantitative estimate of drug-likeness (QED) is 0.166. The minimum Gasteiger partial charge on any atom is -0.464 e. The highest BCUT2D eigenvalue weighted by molar-refractivity contribution is 6.24. The number of hydrogen-bond acceptors (Lipinski definition) is 4. The fraction of sp³-hybridized carbons (Fsp3) is 0.221. The van der Waals surface area contributed by atoms with Crippen LogP contribution in [-0.4, -0.2) is 0 Å². The SMILES string of the molecule is CC(C)(C)c1ccc(N(c2ccc(C(C)(C)C)cc2)c2cc3c(c4cc5ccoc5cc24)-c2c(cc(N(c4ccc(C(C)(C)C)cc4)c4ccc(C(C)(C)C)cc4)c4c2oc2ccccc24)C32c3ccccc3-c3ccccc32)cc1. The van der Waals surface area contributed by atoms with Crippen LogP contribution in [0.5, 0.6) is 0 Å². The molecule has 2 aliphatic rings. The van der Waals surface area contributed by atoms with Crippen LogP contribution in [0.3, 0.4) is 0 Å². The zero-order chi connectivity index (χ0) is 56.1. The fourth-order valence-corrected chi connectivity index (χ4v) is 13.5. The zero-order valence-electron chi connectivity index (χ0n) is 48.8. The highest BCUT2D eigenvalue weighted by atomic mass is 16.3. The molecule has 14 rings (SSSR count). The molecule has 4 heteroatoms. The molecule has 0 saturated carbocycles. The normalized spacial score (nSPS) is 13.8. The lowest BCUT2D eigenvalue weighted by molar-refractivity contribution is 0.590. The molecule has 0 saturated heterocycles. The number of anilines is 6. The average Bonchev–Trinajstić information content (AvgIpc) is 1.68. The summed E-state index contributed by atoms with van der Waals surface area (Å²) in [6.45, 7) is 27.5. The summed E-state index contributed by atoms with van der Waals surface area (Å²) in [5.41, 5.74) is 23.0. The molecule has 1 spiro atoms. The third kappa shape index (κ3) is 7.77. The van der Waals surface area contributed by atoms with Crippen molar-refractivity contribution in [2.24, 2.45) is 0 Å². The van der Waals surface area contributed by atoms with E-state index >= 15 is 0 Å². The number of nitrogens with zero attached hydrogens (tertiary/aromatic N) is 2. The summed E-state index contributed by atoms with van der Waals surface area (Å²) in [6.07, 6.45) is 1.83. The molecule has 0 amide bonds. The Morgan fingerprint density at radius 2 is 0.765 bits per heavy atom. The Kier molecular flexibility index (Phi) is 11.1. The largest absolute Gasteiger partial charge is 0.464 e. The predicted octanol–water partition coefficient (Wildman–Crippen LogP) is 22.0. The van der Waals surface area contributed by atoms with Gasteiger partial charge in [0.2, 0.25) is 0 Å². The van der Waals surface area contributed by atoms with Crippen molar-refractivity contribution in [3.63, 3.8) is 0 Å². The maximum absolute atomic E-state index is 7.58. The van der Waals surface area contributed by atoms with Gasteiger partial charge in [0, 0.05) is 44.5 Å². The van der Waals surface area contributed by atoms with Crippen LogP contribution >= 0.6 is 0 Å².